The number of carbonyl (C=O) groups is 1. The number of carboxylic acids is 1. The zero-order valence-corrected chi connectivity index (χ0v) is 18.3. The van der Waals surface area contributed by atoms with Gasteiger partial charge in [-0.2, -0.15) is 20.5 Å². The molecule has 168 valence electrons. The summed E-state index contributed by atoms with van der Waals surface area (Å²) in [6, 6.07) is 17.9. The normalized spacial score (nSPS) is 14.3. The summed E-state index contributed by atoms with van der Waals surface area (Å²) >= 11 is 0. The number of piperidine rings is 1. The molecule has 3 aromatic carbocycles. The summed E-state index contributed by atoms with van der Waals surface area (Å²) in [6.45, 7) is 3.93. The van der Waals surface area contributed by atoms with E-state index < -0.39 is 5.97 Å². The van der Waals surface area contributed by atoms with E-state index in [0.29, 0.717) is 22.6 Å². The fourth-order valence-corrected chi connectivity index (χ4v) is 3.66. The van der Waals surface area contributed by atoms with Crippen LogP contribution in [0.25, 0.3) is 0 Å². The first kappa shape index (κ1) is 22.1. The summed E-state index contributed by atoms with van der Waals surface area (Å²) in [5.74, 6) is -1.54. The first-order valence-electron chi connectivity index (χ1n) is 10.8. The molecular formula is C25H25N5O3. The lowest BCUT2D eigenvalue weighted by atomic mass is 10.1. The molecule has 33 heavy (non-hydrogen) atoms. The van der Waals surface area contributed by atoms with E-state index in [1.54, 1.807) is 31.2 Å². The maximum atomic E-state index is 11.1. The minimum atomic E-state index is -1.19. The van der Waals surface area contributed by atoms with E-state index in [1.807, 2.05) is 12.1 Å². The van der Waals surface area contributed by atoms with Crippen LogP contribution >= 0.6 is 0 Å². The molecule has 0 saturated carbocycles. The number of aryl methyl sites for hydroxylation is 1. The quantitative estimate of drug-likeness (QED) is 0.392. The van der Waals surface area contributed by atoms with Gasteiger partial charge in [0.15, 0.2) is 0 Å². The highest BCUT2D eigenvalue weighted by Gasteiger charge is 2.12. The number of hydrogen-bond acceptors (Lipinski definition) is 7. The maximum Gasteiger partial charge on any atom is 0.339 e. The minimum Gasteiger partial charge on any atom is -0.507 e. The number of aromatic carboxylic acids is 1. The Morgan fingerprint density at radius 3 is 1.85 bits per heavy atom. The molecule has 1 fully saturated rings. The topological polar surface area (TPSA) is 110 Å². The fourth-order valence-electron chi connectivity index (χ4n) is 3.66. The van der Waals surface area contributed by atoms with Crippen molar-refractivity contribution in [1.82, 2.24) is 0 Å². The van der Waals surface area contributed by atoms with Crippen LogP contribution in [-0.4, -0.2) is 29.3 Å². The molecule has 2 N–H and O–H groups in total. The Morgan fingerprint density at radius 2 is 1.30 bits per heavy atom. The minimum absolute atomic E-state index is 0.165. The predicted octanol–water partition coefficient (Wildman–Crippen LogP) is 7.22. The van der Waals surface area contributed by atoms with Gasteiger partial charge in [0.1, 0.15) is 11.3 Å². The predicted molar refractivity (Wildman–Crippen MR) is 127 cm³/mol. The van der Waals surface area contributed by atoms with Crippen LogP contribution in [0.5, 0.6) is 5.75 Å². The van der Waals surface area contributed by atoms with Gasteiger partial charge < -0.3 is 15.1 Å². The third kappa shape index (κ3) is 5.60. The third-order valence-electron chi connectivity index (χ3n) is 5.52. The molecule has 8 heteroatoms. The second-order valence-electron chi connectivity index (χ2n) is 7.94. The van der Waals surface area contributed by atoms with Crippen LogP contribution in [0, 0.1) is 6.92 Å². The molecule has 0 bridgehead atoms. The number of rotatable bonds is 6. The molecule has 8 nitrogen and oxygen atoms in total. The molecule has 3 aromatic rings. The van der Waals surface area contributed by atoms with Crippen LogP contribution < -0.4 is 4.90 Å². The van der Waals surface area contributed by atoms with E-state index in [9.17, 15) is 9.90 Å². The molecule has 1 aliphatic rings. The number of carboxylic acid groups (broad SMARTS) is 1. The molecule has 0 aliphatic carbocycles. The van der Waals surface area contributed by atoms with E-state index in [1.165, 1.54) is 37.1 Å². The monoisotopic (exact) mass is 443 g/mol. The molecule has 1 saturated heterocycles. The first-order chi connectivity index (χ1) is 16.0. The van der Waals surface area contributed by atoms with Crippen molar-refractivity contribution in [2.24, 2.45) is 20.5 Å². The summed E-state index contributed by atoms with van der Waals surface area (Å²) in [7, 11) is 0. The van der Waals surface area contributed by atoms with Gasteiger partial charge in [-0.3, -0.25) is 0 Å². The van der Waals surface area contributed by atoms with Crippen molar-refractivity contribution in [3.63, 3.8) is 0 Å². The average Bonchev–Trinajstić information content (AvgIpc) is 2.84. The zero-order chi connectivity index (χ0) is 23.2. The van der Waals surface area contributed by atoms with Gasteiger partial charge in [0.05, 0.1) is 22.7 Å². The summed E-state index contributed by atoms with van der Waals surface area (Å²) in [5, 5.41) is 35.8. The van der Waals surface area contributed by atoms with Gasteiger partial charge in [0.25, 0.3) is 0 Å². The van der Waals surface area contributed by atoms with Crippen molar-refractivity contribution >= 4 is 34.4 Å². The van der Waals surface area contributed by atoms with E-state index in [-0.39, 0.29) is 11.3 Å². The Morgan fingerprint density at radius 1 is 0.788 bits per heavy atom. The van der Waals surface area contributed by atoms with Crippen LogP contribution in [0.2, 0.25) is 0 Å². The Hall–Kier alpha value is -4.07. The number of anilines is 1. The molecule has 0 amide bonds. The third-order valence-corrected chi connectivity index (χ3v) is 5.52. The van der Waals surface area contributed by atoms with Crippen molar-refractivity contribution in [3.8, 4) is 5.75 Å². The number of aromatic hydroxyl groups is 1. The van der Waals surface area contributed by atoms with E-state index in [4.69, 9.17) is 5.11 Å². The van der Waals surface area contributed by atoms with E-state index in [2.05, 4.69) is 37.5 Å². The average molecular weight is 444 g/mol. The molecule has 1 aliphatic heterocycles. The molecule has 4 rings (SSSR count). The molecular weight excluding hydrogens is 418 g/mol. The highest BCUT2D eigenvalue weighted by atomic mass is 16.4. The van der Waals surface area contributed by atoms with E-state index in [0.717, 1.165) is 18.8 Å². The van der Waals surface area contributed by atoms with Gasteiger partial charge in [-0.15, -0.1) is 0 Å². The van der Waals surface area contributed by atoms with Crippen molar-refractivity contribution in [3.05, 3.63) is 71.8 Å². The van der Waals surface area contributed by atoms with Crippen molar-refractivity contribution in [1.29, 1.82) is 0 Å². The maximum absolute atomic E-state index is 11.1. The smallest absolute Gasteiger partial charge is 0.339 e. The van der Waals surface area contributed by atoms with Crippen molar-refractivity contribution in [2.45, 2.75) is 26.2 Å². The van der Waals surface area contributed by atoms with Gasteiger partial charge in [-0.25, -0.2) is 4.79 Å². The molecule has 0 aromatic heterocycles. The number of hydrogen-bond donors (Lipinski definition) is 2. The Balaban J connectivity index is 1.40. The number of nitrogens with zero attached hydrogens (tertiary/aromatic N) is 5. The second-order valence-corrected chi connectivity index (χ2v) is 7.94. The molecule has 1 heterocycles. The van der Waals surface area contributed by atoms with E-state index >= 15 is 0 Å². The number of azo groups is 2. The van der Waals surface area contributed by atoms with Gasteiger partial charge in [-0.05, 0) is 86.3 Å². The lowest BCUT2D eigenvalue weighted by Crippen LogP contribution is -2.29. The summed E-state index contributed by atoms with van der Waals surface area (Å²) in [5.41, 5.74) is 4.14. The van der Waals surface area contributed by atoms with Gasteiger partial charge in [0.2, 0.25) is 0 Å². The Labute approximate surface area is 191 Å². The largest absolute Gasteiger partial charge is 0.507 e. The summed E-state index contributed by atoms with van der Waals surface area (Å²) < 4.78 is 0. The molecule has 0 radical (unpaired) electrons. The SMILES string of the molecule is Cc1cc(C(=O)O)c(O)cc1/N=N/c1ccc(/N=N/c2ccc(N3CCCCC3)cc2)cc1. The van der Waals surface area contributed by atoms with Gasteiger partial charge in [0, 0.05) is 24.8 Å². The lowest BCUT2D eigenvalue weighted by Gasteiger charge is -2.28. The lowest BCUT2D eigenvalue weighted by molar-refractivity contribution is 0.0693. The van der Waals surface area contributed by atoms with Crippen LogP contribution in [0.3, 0.4) is 0 Å². The first-order valence-corrected chi connectivity index (χ1v) is 10.8. The standard InChI is InChI=1S/C25H25N5O3/c1-17-15-22(25(32)33)24(31)16-23(17)29-28-19-7-5-18(6-8-19)26-27-20-9-11-21(12-10-20)30-13-3-2-4-14-30/h5-12,15-16,31H,2-4,13-14H2,1H3,(H,32,33)/b27-26+,29-28+. The summed E-state index contributed by atoms with van der Waals surface area (Å²) in [4.78, 5) is 13.5. The number of benzene rings is 3. The van der Waals surface area contributed by atoms with Crippen LogP contribution in [0.1, 0.15) is 35.2 Å². The van der Waals surface area contributed by atoms with Crippen molar-refractivity contribution < 1.29 is 15.0 Å². The van der Waals surface area contributed by atoms with Crippen molar-refractivity contribution in [2.75, 3.05) is 18.0 Å². The molecule has 0 spiro atoms. The van der Waals surface area contributed by atoms with Crippen LogP contribution in [0.15, 0.2) is 81.1 Å². The van der Waals surface area contributed by atoms with Crippen LogP contribution in [-0.2, 0) is 0 Å². The van der Waals surface area contributed by atoms with Gasteiger partial charge in [-0.1, -0.05) is 0 Å². The highest BCUT2D eigenvalue weighted by Crippen LogP contribution is 2.30. The fraction of sp³-hybridized carbons (Fsp3) is 0.240. The molecule has 0 atom stereocenters. The van der Waals surface area contributed by atoms with Gasteiger partial charge >= 0.3 is 5.97 Å². The zero-order valence-electron chi connectivity index (χ0n) is 18.3. The highest BCUT2D eigenvalue weighted by molar-refractivity contribution is 5.91. The second kappa shape index (κ2) is 10.0. The Bertz CT molecular complexity index is 1180. The van der Waals surface area contributed by atoms with Crippen LogP contribution in [0.4, 0.5) is 28.4 Å². The summed E-state index contributed by atoms with van der Waals surface area (Å²) in [6.07, 6.45) is 3.80. The number of phenols is 1. The Kier molecular flexibility index (Phi) is 6.73. The molecule has 0 unspecified atom stereocenters.